The number of hydrogen-bond donors (Lipinski definition) is 1. The van der Waals surface area contributed by atoms with Gasteiger partial charge in [0.2, 0.25) is 23.5 Å². The Bertz CT molecular complexity index is 1120. The number of aryl methyl sites for hydroxylation is 1. The van der Waals surface area contributed by atoms with Gasteiger partial charge in [-0.15, -0.1) is 0 Å². The van der Waals surface area contributed by atoms with Crippen LogP contribution < -0.4 is 10.2 Å². The predicted octanol–water partition coefficient (Wildman–Crippen LogP) is 4.30. The van der Waals surface area contributed by atoms with Gasteiger partial charge in [0.15, 0.2) is 0 Å². The maximum Gasteiger partial charge on any atom is 0.230 e. The highest BCUT2D eigenvalue weighted by Crippen LogP contribution is 2.36. The molecule has 1 aliphatic heterocycles. The van der Waals surface area contributed by atoms with Gasteiger partial charge in [0.25, 0.3) is 0 Å². The lowest BCUT2D eigenvalue weighted by Gasteiger charge is -2.20. The number of carbonyl (C=O) groups excluding carboxylic acids is 2. The molecule has 2 aromatic carbocycles. The van der Waals surface area contributed by atoms with Gasteiger partial charge in [-0.05, 0) is 44.0 Å². The van der Waals surface area contributed by atoms with Crippen LogP contribution in [0.3, 0.4) is 0 Å². The molecule has 0 bridgehead atoms. The maximum absolute atomic E-state index is 12.7. The molecule has 0 spiro atoms. The van der Waals surface area contributed by atoms with Crippen LogP contribution in [0.5, 0.6) is 0 Å². The summed E-state index contributed by atoms with van der Waals surface area (Å²) in [7, 11) is 0. The van der Waals surface area contributed by atoms with Crippen LogP contribution in [0.4, 0.5) is 11.4 Å². The molecule has 2 aliphatic rings. The molecule has 0 radical (unpaired) electrons. The number of amides is 2. The summed E-state index contributed by atoms with van der Waals surface area (Å²) in [4.78, 5) is 31.6. The summed E-state index contributed by atoms with van der Waals surface area (Å²) in [5.74, 6) is 0.995. The van der Waals surface area contributed by atoms with E-state index >= 15 is 0 Å². The Morgan fingerprint density at radius 1 is 1.16 bits per heavy atom. The van der Waals surface area contributed by atoms with Crippen LogP contribution >= 0.6 is 0 Å². The van der Waals surface area contributed by atoms with Crippen molar-refractivity contribution in [2.75, 3.05) is 16.8 Å². The molecule has 1 aliphatic carbocycles. The topological polar surface area (TPSA) is 88.3 Å². The highest BCUT2D eigenvalue weighted by molar-refractivity contribution is 6.03. The van der Waals surface area contributed by atoms with Crippen molar-refractivity contribution < 1.29 is 14.1 Å². The Balaban J connectivity index is 1.29. The van der Waals surface area contributed by atoms with Gasteiger partial charge < -0.3 is 14.7 Å². The third-order valence-corrected chi connectivity index (χ3v) is 6.13. The smallest absolute Gasteiger partial charge is 0.230 e. The minimum atomic E-state index is -0.396. The molecule has 3 aromatic rings. The zero-order valence-corrected chi connectivity index (χ0v) is 17.4. The largest absolute Gasteiger partial charge is 0.339 e. The number of hydrogen-bond acceptors (Lipinski definition) is 5. The number of nitrogens with one attached hydrogen (secondary N) is 1. The molecular weight excluding hydrogens is 392 g/mol. The predicted molar refractivity (Wildman–Crippen MR) is 117 cm³/mol. The highest BCUT2D eigenvalue weighted by atomic mass is 16.5. The number of benzene rings is 2. The third-order valence-electron chi connectivity index (χ3n) is 6.13. The molecule has 2 fully saturated rings. The van der Waals surface area contributed by atoms with E-state index in [0.29, 0.717) is 24.2 Å². The number of carbonyl (C=O) groups is 2. The minimum Gasteiger partial charge on any atom is -0.339 e. The first kappa shape index (κ1) is 19.5. The summed E-state index contributed by atoms with van der Waals surface area (Å²) in [5.41, 5.74) is 3.40. The second-order valence-electron chi connectivity index (χ2n) is 8.40. The Hall–Kier alpha value is -3.48. The molecule has 7 heteroatoms. The van der Waals surface area contributed by atoms with Crippen molar-refractivity contribution in [2.24, 2.45) is 5.92 Å². The van der Waals surface area contributed by atoms with Crippen molar-refractivity contribution in [2.45, 2.75) is 38.5 Å². The first-order valence-electron chi connectivity index (χ1n) is 10.7. The normalized spacial score (nSPS) is 18.8. The van der Waals surface area contributed by atoms with E-state index in [0.717, 1.165) is 35.3 Å². The average molecular weight is 416 g/mol. The SMILES string of the molecule is Cc1ccc(NC(=O)[C@@H]2CC(=O)N(c3cccc(-c4noc(C5CCC5)n4)c3)C2)cc1. The molecule has 2 heterocycles. The molecular formula is C24H24N4O3. The minimum absolute atomic E-state index is 0.0653. The fourth-order valence-electron chi connectivity index (χ4n) is 4.00. The van der Waals surface area contributed by atoms with Gasteiger partial charge in [-0.2, -0.15) is 4.98 Å². The van der Waals surface area contributed by atoms with Crippen LogP contribution in [-0.4, -0.2) is 28.5 Å². The van der Waals surface area contributed by atoms with Crippen molar-refractivity contribution in [3.8, 4) is 11.4 Å². The van der Waals surface area contributed by atoms with E-state index in [1.165, 1.54) is 6.42 Å². The van der Waals surface area contributed by atoms with E-state index in [4.69, 9.17) is 4.52 Å². The molecule has 7 nitrogen and oxygen atoms in total. The van der Waals surface area contributed by atoms with Gasteiger partial charge in [-0.3, -0.25) is 9.59 Å². The Kier molecular flexibility index (Phi) is 5.02. The number of rotatable bonds is 5. The lowest BCUT2D eigenvalue weighted by atomic mass is 9.85. The van der Waals surface area contributed by atoms with Crippen LogP contribution in [0, 0.1) is 12.8 Å². The van der Waals surface area contributed by atoms with E-state index in [-0.39, 0.29) is 18.2 Å². The van der Waals surface area contributed by atoms with Gasteiger partial charge >= 0.3 is 0 Å². The lowest BCUT2D eigenvalue weighted by molar-refractivity contribution is -0.122. The van der Waals surface area contributed by atoms with Crippen LogP contribution in [0.25, 0.3) is 11.4 Å². The second kappa shape index (κ2) is 7.98. The molecule has 0 unspecified atom stereocenters. The maximum atomic E-state index is 12.7. The average Bonchev–Trinajstić information content (AvgIpc) is 3.36. The van der Waals surface area contributed by atoms with Gasteiger partial charge in [0.1, 0.15) is 0 Å². The summed E-state index contributed by atoms with van der Waals surface area (Å²) in [6, 6.07) is 15.2. The molecule has 158 valence electrons. The van der Waals surface area contributed by atoms with Crippen LogP contribution in [0.2, 0.25) is 0 Å². The van der Waals surface area contributed by atoms with Gasteiger partial charge in [-0.1, -0.05) is 41.4 Å². The zero-order valence-electron chi connectivity index (χ0n) is 17.4. The molecule has 1 saturated carbocycles. The number of aromatic nitrogens is 2. The van der Waals surface area contributed by atoms with Crippen LogP contribution in [0.15, 0.2) is 53.1 Å². The van der Waals surface area contributed by atoms with Crippen molar-refractivity contribution >= 4 is 23.2 Å². The summed E-state index contributed by atoms with van der Waals surface area (Å²) < 4.78 is 5.43. The Morgan fingerprint density at radius 3 is 2.71 bits per heavy atom. The van der Waals surface area contributed by atoms with Gasteiger partial charge in [-0.25, -0.2) is 0 Å². The summed E-state index contributed by atoms with van der Waals surface area (Å²) in [6.45, 7) is 2.34. The Morgan fingerprint density at radius 2 is 1.97 bits per heavy atom. The van der Waals surface area contributed by atoms with E-state index < -0.39 is 5.92 Å². The van der Waals surface area contributed by atoms with E-state index in [2.05, 4.69) is 15.5 Å². The first-order chi connectivity index (χ1) is 15.1. The van der Waals surface area contributed by atoms with E-state index in [9.17, 15) is 9.59 Å². The molecule has 31 heavy (non-hydrogen) atoms. The molecule has 5 rings (SSSR count). The fourth-order valence-corrected chi connectivity index (χ4v) is 4.00. The van der Waals surface area contributed by atoms with Crippen molar-refractivity contribution in [1.29, 1.82) is 0 Å². The summed E-state index contributed by atoms with van der Waals surface area (Å²) in [6.07, 6.45) is 3.58. The van der Waals surface area contributed by atoms with Gasteiger partial charge in [0, 0.05) is 35.8 Å². The Labute approximate surface area is 180 Å². The number of nitrogens with zero attached hydrogens (tertiary/aromatic N) is 3. The monoisotopic (exact) mass is 416 g/mol. The van der Waals surface area contributed by atoms with E-state index in [1.54, 1.807) is 4.90 Å². The highest BCUT2D eigenvalue weighted by Gasteiger charge is 2.35. The lowest BCUT2D eigenvalue weighted by Crippen LogP contribution is -2.28. The molecule has 2 amide bonds. The van der Waals surface area contributed by atoms with E-state index in [1.807, 2.05) is 55.5 Å². The van der Waals surface area contributed by atoms with Crippen LogP contribution in [-0.2, 0) is 9.59 Å². The van der Waals surface area contributed by atoms with Crippen molar-refractivity contribution in [1.82, 2.24) is 10.1 Å². The third kappa shape index (κ3) is 3.95. The molecule has 1 aromatic heterocycles. The number of anilines is 2. The molecule has 1 saturated heterocycles. The van der Waals surface area contributed by atoms with Crippen molar-refractivity contribution in [3.05, 3.63) is 60.0 Å². The summed E-state index contributed by atoms with van der Waals surface area (Å²) >= 11 is 0. The fraction of sp³-hybridized carbons (Fsp3) is 0.333. The zero-order chi connectivity index (χ0) is 21.4. The standard InChI is InChI=1S/C24H24N4O3/c1-15-8-10-19(11-9-15)25-23(30)18-13-21(29)28(14-18)20-7-3-6-17(12-20)22-26-24(31-27-22)16-4-2-5-16/h3,6-12,16,18H,2,4-5,13-14H2,1H3,(H,25,30)/t18-/m1/s1. The molecule has 1 atom stereocenters. The van der Waals surface area contributed by atoms with Crippen LogP contribution in [0.1, 0.15) is 43.1 Å². The first-order valence-corrected chi connectivity index (χ1v) is 10.7. The van der Waals surface area contributed by atoms with Gasteiger partial charge in [0.05, 0.1) is 5.92 Å². The van der Waals surface area contributed by atoms with Crippen molar-refractivity contribution in [3.63, 3.8) is 0 Å². The summed E-state index contributed by atoms with van der Waals surface area (Å²) in [5, 5.41) is 7.03. The quantitative estimate of drug-likeness (QED) is 0.670. The molecule has 1 N–H and O–H groups in total. The second-order valence-corrected chi connectivity index (χ2v) is 8.40.